The number of hydrogen-bond donors (Lipinski definition) is 1. The van der Waals surface area contributed by atoms with E-state index in [2.05, 4.69) is 20.3 Å². The first-order valence-corrected chi connectivity index (χ1v) is 7.27. The van der Waals surface area contributed by atoms with Crippen LogP contribution in [0.4, 0.5) is 11.5 Å². The highest BCUT2D eigenvalue weighted by Crippen LogP contribution is 2.32. The van der Waals surface area contributed by atoms with Crippen molar-refractivity contribution < 1.29 is 4.92 Å². The van der Waals surface area contributed by atoms with Crippen LogP contribution in [0, 0.1) is 17.0 Å². The summed E-state index contributed by atoms with van der Waals surface area (Å²) >= 11 is 1.08. The van der Waals surface area contributed by atoms with Gasteiger partial charge in [0, 0.05) is 25.0 Å². The Hall–Kier alpha value is -2.22. The molecule has 2 rings (SSSR count). The van der Waals surface area contributed by atoms with Crippen LogP contribution in [-0.4, -0.2) is 26.4 Å². The van der Waals surface area contributed by atoms with E-state index in [9.17, 15) is 10.1 Å². The van der Waals surface area contributed by atoms with Gasteiger partial charge in [-0.15, -0.1) is 0 Å². The molecule has 0 saturated carbocycles. The summed E-state index contributed by atoms with van der Waals surface area (Å²) in [5.41, 5.74) is 0.881. The lowest BCUT2D eigenvalue weighted by Crippen LogP contribution is -2.03. The van der Waals surface area contributed by atoms with E-state index in [0.717, 1.165) is 30.3 Å². The molecule has 2 aromatic heterocycles. The first kappa shape index (κ1) is 15.2. The monoisotopic (exact) mass is 305 g/mol. The first-order chi connectivity index (χ1) is 10.1. The van der Waals surface area contributed by atoms with Gasteiger partial charge in [-0.25, -0.2) is 15.0 Å². The van der Waals surface area contributed by atoms with E-state index >= 15 is 0 Å². The van der Waals surface area contributed by atoms with Gasteiger partial charge in [0.2, 0.25) is 0 Å². The van der Waals surface area contributed by atoms with Gasteiger partial charge in [-0.2, -0.15) is 0 Å². The van der Waals surface area contributed by atoms with Gasteiger partial charge in [-0.3, -0.25) is 10.1 Å². The highest BCUT2D eigenvalue weighted by atomic mass is 32.2. The normalized spacial score (nSPS) is 10.4. The number of aromatic nitrogens is 3. The first-order valence-electron chi connectivity index (χ1n) is 6.46. The van der Waals surface area contributed by atoms with Gasteiger partial charge in [0.1, 0.15) is 5.82 Å². The number of aryl methyl sites for hydroxylation is 1. The van der Waals surface area contributed by atoms with Crippen LogP contribution in [0.2, 0.25) is 0 Å². The molecular weight excluding hydrogens is 290 g/mol. The number of rotatable bonds is 6. The Balaban J connectivity index is 2.29. The highest BCUT2D eigenvalue weighted by Gasteiger charge is 2.18. The van der Waals surface area contributed by atoms with Gasteiger partial charge in [0.15, 0.2) is 10.2 Å². The van der Waals surface area contributed by atoms with Gasteiger partial charge >= 0.3 is 5.69 Å². The molecule has 7 nitrogen and oxygen atoms in total. The van der Waals surface area contributed by atoms with Crippen LogP contribution in [-0.2, 0) is 0 Å². The third-order valence-corrected chi connectivity index (χ3v) is 3.43. The maximum atomic E-state index is 11.1. The highest BCUT2D eigenvalue weighted by molar-refractivity contribution is 7.99. The predicted molar refractivity (Wildman–Crippen MR) is 80.6 cm³/mol. The van der Waals surface area contributed by atoms with E-state index < -0.39 is 4.92 Å². The topological polar surface area (TPSA) is 93.8 Å². The van der Waals surface area contributed by atoms with E-state index in [4.69, 9.17) is 0 Å². The number of hydrogen-bond acceptors (Lipinski definition) is 7. The van der Waals surface area contributed by atoms with Crippen molar-refractivity contribution in [1.82, 2.24) is 15.0 Å². The van der Waals surface area contributed by atoms with Gasteiger partial charge in [-0.1, -0.05) is 6.92 Å². The zero-order valence-corrected chi connectivity index (χ0v) is 12.6. The Bertz CT molecular complexity index is 633. The molecule has 0 aromatic carbocycles. The van der Waals surface area contributed by atoms with Crippen LogP contribution in [0.15, 0.2) is 34.7 Å². The fourth-order valence-electron chi connectivity index (χ4n) is 1.52. The fourth-order valence-corrected chi connectivity index (χ4v) is 2.29. The molecular formula is C13H15N5O2S. The quantitative estimate of drug-likeness (QED) is 0.498. The van der Waals surface area contributed by atoms with E-state index in [1.807, 2.05) is 13.8 Å². The lowest BCUT2D eigenvalue weighted by molar-refractivity contribution is -0.388. The number of nitrogens with zero attached hydrogens (tertiary/aromatic N) is 4. The molecule has 8 heteroatoms. The molecule has 0 amide bonds. The Morgan fingerprint density at radius 3 is 2.67 bits per heavy atom. The summed E-state index contributed by atoms with van der Waals surface area (Å²) in [6, 6.07) is 3.05. The molecule has 0 radical (unpaired) electrons. The van der Waals surface area contributed by atoms with Crippen LogP contribution < -0.4 is 5.32 Å². The van der Waals surface area contributed by atoms with Crippen LogP contribution in [0.3, 0.4) is 0 Å². The molecule has 0 aliphatic rings. The maximum absolute atomic E-state index is 11.1. The van der Waals surface area contributed by atoms with Crippen molar-refractivity contribution in [2.75, 3.05) is 11.9 Å². The lowest BCUT2D eigenvalue weighted by Gasteiger charge is -2.06. The predicted octanol–water partition coefficient (Wildman–Crippen LogP) is 3.06. The average Bonchev–Trinajstić information content (AvgIpc) is 2.47. The van der Waals surface area contributed by atoms with Gasteiger partial charge in [0.25, 0.3) is 0 Å². The largest absolute Gasteiger partial charge is 0.370 e. The van der Waals surface area contributed by atoms with Crippen molar-refractivity contribution in [3.8, 4) is 0 Å². The number of nitrogens with one attached hydrogen (secondary N) is 1. The Kier molecular flexibility index (Phi) is 5.04. The molecule has 1 N–H and O–H groups in total. The van der Waals surface area contributed by atoms with Crippen molar-refractivity contribution in [3.05, 3.63) is 40.2 Å². The number of anilines is 1. The summed E-state index contributed by atoms with van der Waals surface area (Å²) < 4.78 is 0. The number of pyridine rings is 1. The molecule has 2 aromatic rings. The minimum atomic E-state index is -0.451. The minimum Gasteiger partial charge on any atom is -0.370 e. The van der Waals surface area contributed by atoms with Crippen LogP contribution in [0.25, 0.3) is 0 Å². The van der Waals surface area contributed by atoms with Crippen molar-refractivity contribution in [1.29, 1.82) is 0 Å². The third-order valence-electron chi connectivity index (χ3n) is 2.54. The molecule has 0 bridgehead atoms. The minimum absolute atomic E-state index is 0.0498. The fraction of sp³-hybridized carbons (Fsp3) is 0.308. The van der Waals surface area contributed by atoms with Crippen molar-refractivity contribution in [2.24, 2.45) is 0 Å². The zero-order chi connectivity index (χ0) is 15.2. The number of nitro groups is 1. The Labute approximate surface area is 126 Å². The van der Waals surface area contributed by atoms with E-state index in [1.54, 1.807) is 18.5 Å². The Morgan fingerprint density at radius 2 is 2.05 bits per heavy atom. The summed E-state index contributed by atoms with van der Waals surface area (Å²) in [6.07, 6.45) is 4.28. The van der Waals surface area contributed by atoms with Crippen LogP contribution in [0.1, 0.15) is 18.9 Å². The molecule has 0 atom stereocenters. The molecule has 0 fully saturated rings. The molecule has 0 spiro atoms. The third kappa shape index (κ3) is 4.12. The zero-order valence-electron chi connectivity index (χ0n) is 11.7. The van der Waals surface area contributed by atoms with Crippen LogP contribution in [0.5, 0.6) is 0 Å². The average molecular weight is 305 g/mol. The maximum Gasteiger partial charge on any atom is 0.301 e. The molecule has 110 valence electrons. The van der Waals surface area contributed by atoms with Gasteiger partial charge in [-0.05, 0) is 36.7 Å². The SMILES string of the molecule is CCCNc1ccc([N+](=O)[O-])c(Sc2ncc(C)cn2)n1. The summed E-state index contributed by atoms with van der Waals surface area (Å²) in [7, 11) is 0. The summed E-state index contributed by atoms with van der Waals surface area (Å²) in [6.45, 7) is 4.68. The van der Waals surface area contributed by atoms with Gasteiger partial charge in [0.05, 0.1) is 4.92 Å². The van der Waals surface area contributed by atoms with E-state index in [-0.39, 0.29) is 10.7 Å². The van der Waals surface area contributed by atoms with E-state index in [1.165, 1.54) is 6.07 Å². The summed E-state index contributed by atoms with van der Waals surface area (Å²) in [5, 5.41) is 14.9. The molecule has 0 aliphatic carbocycles. The second-order valence-corrected chi connectivity index (χ2v) is 5.31. The Morgan fingerprint density at radius 1 is 1.33 bits per heavy atom. The molecule has 21 heavy (non-hydrogen) atoms. The smallest absolute Gasteiger partial charge is 0.301 e. The van der Waals surface area contributed by atoms with Crippen LogP contribution >= 0.6 is 11.8 Å². The summed E-state index contributed by atoms with van der Waals surface area (Å²) in [5.74, 6) is 0.608. The van der Waals surface area contributed by atoms with Crippen molar-refractivity contribution in [2.45, 2.75) is 30.5 Å². The second kappa shape index (κ2) is 6.98. The second-order valence-electron chi connectivity index (χ2n) is 4.35. The standard InChI is InChI=1S/C13H15N5O2S/c1-3-6-14-11-5-4-10(18(19)20)12(17-11)21-13-15-7-9(2)8-16-13/h4-5,7-8H,3,6H2,1-2H3,(H,14,17). The molecule has 0 aliphatic heterocycles. The van der Waals surface area contributed by atoms with Gasteiger partial charge < -0.3 is 5.32 Å². The van der Waals surface area contributed by atoms with Crippen molar-refractivity contribution in [3.63, 3.8) is 0 Å². The molecule has 2 heterocycles. The summed E-state index contributed by atoms with van der Waals surface area (Å²) in [4.78, 5) is 23.2. The lowest BCUT2D eigenvalue weighted by atomic mass is 10.4. The molecule has 0 unspecified atom stereocenters. The molecule has 0 saturated heterocycles. The van der Waals surface area contributed by atoms with Crippen molar-refractivity contribution >= 4 is 23.3 Å². The van der Waals surface area contributed by atoms with E-state index in [0.29, 0.717) is 11.0 Å².